The number of hydrogen-bond acceptors (Lipinski definition) is 5. The molecule has 0 spiro atoms. The Morgan fingerprint density at radius 2 is 1.85 bits per heavy atom. The molecule has 0 saturated carbocycles. The van der Waals surface area contributed by atoms with Gasteiger partial charge in [0.05, 0.1) is 12.2 Å². The summed E-state index contributed by atoms with van der Waals surface area (Å²) in [5, 5.41) is 18.4. The van der Waals surface area contributed by atoms with Crippen LogP contribution in [0.4, 0.5) is 10.1 Å². The van der Waals surface area contributed by atoms with Crippen LogP contribution < -0.4 is 5.32 Å². The topological polar surface area (TPSA) is 90.5 Å². The molecule has 0 atom stereocenters. The zero-order chi connectivity index (χ0) is 23.5. The minimum absolute atomic E-state index is 0.156. The van der Waals surface area contributed by atoms with Gasteiger partial charge in [-0.05, 0) is 68.0 Å². The number of nitrogens with one attached hydrogen (secondary N) is 1. The van der Waals surface area contributed by atoms with Gasteiger partial charge in [0.25, 0.3) is 0 Å². The van der Waals surface area contributed by atoms with E-state index in [4.69, 9.17) is 0 Å². The Morgan fingerprint density at radius 3 is 2.55 bits per heavy atom. The average Bonchev–Trinajstić information content (AvgIpc) is 3.32. The van der Waals surface area contributed by atoms with E-state index < -0.39 is 5.82 Å². The first kappa shape index (κ1) is 22.1. The van der Waals surface area contributed by atoms with E-state index in [9.17, 15) is 9.18 Å². The number of tetrazole rings is 1. The molecule has 0 radical (unpaired) electrons. The lowest BCUT2D eigenvalue weighted by molar-refractivity contribution is -0.111. The van der Waals surface area contributed by atoms with Crippen molar-refractivity contribution in [1.29, 1.82) is 0 Å². The molecular weight excluding hydrogens is 421 g/mol. The van der Waals surface area contributed by atoms with E-state index in [-0.39, 0.29) is 11.6 Å². The van der Waals surface area contributed by atoms with Crippen LogP contribution in [0.5, 0.6) is 0 Å². The average molecular weight is 446 g/mol. The van der Waals surface area contributed by atoms with Crippen molar-refractivity contribution in [1.82, 2.24) is 30.0 Å². The van der Waals surface area contributed by atoms with Gasteiger partial charge in [0.2, 0.25) is 5.91 Å². The predicted molar refractivity (Wildman–Crippen MR) is 123 cm³/mol. The Bertz CT molecular complexity index is 1340. The number of anilines is 1. The number of benzene rings is 2. The molecule has 1 N–H and O–H groups in total. The number of hydrogen-bond donors (Lipinski definition) is 1. The lowest BCUT2D eigenvalue weighted by Gasteiger charge is -2.07. The number of nitrogens with zero attached hydrogens (tertiary/aromatic N) is 6. The maximum atomic E-state index is 14.2. The first-order valence-corrected chi connectivity index (χ1v) is 10.5. The molecule has 0 saturated heterocycles. The van der Waals surface area contributed by atoms with Crippen LogP contribution in [0.15, 0.2) is 48.5 Å². The number of aryl methyl sites for hydroxylation is 3. The van der Waals surface area contributed by atoms with Crippen molar-refractivity contribution in [3.8, 4) is 5.69 Å². The van der Waals surface area contributed by atoms with Gasteiger partial charge in [-0.1, -0.05) is 29.8 Å². The molecule has 0 fully saturated rings. The summed E-state index contributed by atoms with van der Waals surface area (Å²) in [4.78, 5) is 12.5. The molecule has 9 heteroatoms. The van der Waals surface area contributed by atoms with E-state index in [0.717, 1.165) is 22.5 Å². The molecule has 0 bridgehead atoms. The standard InChI is InChI=1S/C24H24FN7O/c1-15-5-7-19(8-6-15)14-31-17(3)21(16(2)28-31)10-12-24(33)26-20-9-11-22(25)23(13-20)32-18(4)27-29-30-32/h5-13H,14H2,1-4H3,(H,26,33)/b12-10+. The van der Waals surface area contributed by atoms with Crippen molar-refractivity contribution in [3.05, 3.63) is 88.3 Å². The molecule has 0 aliphatic heterocycles. The summed E-state index contributed by atoms with van der Waals surface area (Å²) >= 11 is 0. The van der Waals surface area contributed by atoms with Gasteiger partial charge < -0.3 is 5.32 Å². The lowest BCUT2D eigenvalue weighted by Crippen LogP contribution is -2.10. The molecule has 0 unspecified atom stereocenters. The first-order chi connectivity index (χ1) is 15.8. The lowest BCUT2D eigenvalue weighted by atomic mass is 10.1. The zero-order valence-corrected chi connectivity index (χ0v) is 18.9. The molecule has 4 aromatic rings. The summed E-state index contributed by atoms with van der Waals surface area (Å²) < 4.78 is 17.4. The molecule has 33 heavy (non-hydrogen) atoms. The zero-order valence-electron chi connectivity index (χ0n) is 18.9. The number of carbonyl (C=O) groups excluding carboxylic acids is 1. The maximum Gasteiger partial charge on any atom is 0.248 e. The minimum atomic E-state index is -0.494. The van der Waals surface area contributed by atoms with Crippen molar-refractivity contribution < 1.29 is 9.18 Å². The fourth-order valence-electron chi connectivity index (χ4n) is 3.52. The predicted octanol–water partition coefficient (Wildman–Crippen LogP) is 3.93. The van der Waals surface area contributed by atoms with Crippen LogP contribution in [-0.4, -0.2) is 35.9 Å². The molecular formula is C24H24FN7O. The summed E-state index contributed by atoms with van der Waals surface area (Å²) in [5.74, 6) is -0.400. The summed E-state index contributed by atoms with van der Waals surface area (Å²) in [6.07, 6.45) is 3.19. The first-order valence-electron chi connectivity index (χ1n) is 10.5. The van der Waals surface area contributed by atoms with Gasteiger partial charge >= 0.3 is 0 Å². The van der Waals surface area contributed by atoms with Gasteiger partial charge in [-0.15, -0.1) is 5.10 Å². The Balaban J connectivity index is 1.49. The highest BCUT2D eigenvalue weighted by molar-refractivity contribution is 6.02. The molecule has 4 rings (SSSR count). The number of halogens is 1. The third kappa shape index (κ3) is 4.87. The van der Waals surface area contributed by atoms with Crippen LogP contribution in [0.2, 0.25) is 0 Å². The van der Waals surface area contributed by atoms with E-state index in [1.54, 1.807) is 13.0 Å². The summed E-state index contributed by atoms with van der Waals surface area (Å²) in [5.41, 5.74) is 5.65. The number of amides is 1. The van der Waals surface area contributed by atoms with Crippen molar-refractivity contribution >= 4 is 17.7 Å². The van der Waals surface area contributed by atoms with Gasteiger partial charge in [-0.2, -0.15) is 9.78 Å². The van der Waals surface area contributed by atoms with Gasteiger partial charge in [0, 0.05) is 23.0 Å². The summed E-state index contributed by atoms with van der Waals surface area (Å²) in [6, 6.07) is 12.6. The van der Waals surface area contributed by atoms with E-state index in [2.05, 4.69) is 57.1 Å². The summed E-state index contributed by atoms with van der Waals surface area (Å²) in [7, 11) is 0. The van der Waals surface area contributed by atoms with E-state index in [0.29, 0.717) is 18.1 Å². The van der Waals surface area contributed by atoms with Crippen LogP contribution in [0.3, 0.4) is 0 Å². The van der Waals surface area contributed by atoms with Crippen LogP contribution >= 0.6 is 0 Å². The van der Waals surface area contributed by atoms with Crippen molar-refractivity contribution in [2.45, 2.75) is 34.2 Å². The van der Waals surface area contributed by atoms with E-state index in [1.807, 2.05) is 18.5 Å². The van der Waals surface area contributed by atoms with Crippen LogP contribution in [0, 0.1) is 33.5 Å². The Hall–Kier alpha value is -4.14. The molecule has 2 heterocycles. The van der Waals surface area contributed by atoms with Crippen LogP contribution in [-0.2, 0) is 11.3 Å². The Labute approximate surface area is 190 Å². The monoisotopic (exact) mass is 445 g/mol. The van der Waals surface area contributed by atoms with Crippen LogP contribution in [0.1, 0.15) is 33.9 Å². The quantitative estimate of drug-likeness (QED) is 0.454. The molecule has 2 aromatic heterocycles. The minimum Gasteiger partial charge on any atom is -0.322 e. The normalized spacial score (nSPS) is 11.3. The number of aromatic nitrogens is 6. The van der Waals surface area contributed by atoms with Crippen molar-refractivity contribution in [3.63, 3.8) is 0 Å². The third-order valence-electron chi connectivity index (χ3n) is 5.36. The highest BCUT2D eigenvalue weighted by Gasteiger charge is 2.12. The smallest absolute Gasteiger partial charge is 0.248 e. The van der Waals surface area contributed by atoms with E-state index in [1.165, 1.54) is 34.5 Å². The molecule has 2 aromatic carbocycles. The van der Waals surface area contributed by atoms with Gasteiger partial charge in [0.1, 0.15) is 11.5 Å². The second-order valence-corrected chi connectivity index (χ2v) is 7.85. The molecule has 168 valence electrons. The maximum absolute atomic E-state index is 14.2. The highest BCUT2D eigenvalue weighted by atomic mass is 19.1. The van der Waals surface area contributed by atoms with Gasteiger partial charge in [-0.25, -0.2) is 4.39 Å². The summed E-state index contributed by atoms with van der Waals surface area (Å²) in [6.45, 7) is 8.27. The third-order valence-corrected chi connectivity index (χ3v) is 5.36. The fraction of sp³-hybridized carbons (Fsp3) is 0.208. The Morgan fingerprint density at radius 1 is 1.09 bits per heavy atom. The molecule has 0 aliphatic carbocycles. The second-order valence-electron chi connectivity index (χ2n) is 7.85. The van der Waals surface area contributed by atoms with Crippen molar-refractivity contribution in [2.24, 2.45) is 0 Å². The van der Waals surface area contributed by atoms with Gasteiger partial charge in [0.15, 0.2) is 5.82 Å². The number of carbonyl (C=O) groups is 1. The van der Waals surface area contributed by atoms with Crippen molar-refractivity contribution in [2.75, 3.05) is 5.32 Å². The largest absolute Gasteiger partial charge is 0.322 e. The highest BCUT2D eigenvalue weighted by Crippen LogP contribution is 2.20. The Kier molecular flexibility index (Phi) is 6.12. The molecule has 0 aliphatic rings. The SMILES string of the molecule is Cc1ccc(Cn2nc(C)c(/C=C/C(=O)Nc3ccc(F)c(-n4nnnc4C)c3)c2C)cc1. The molecule has 1 amide bonds. The fourth-order valence-corrected chi connectivity index (χ4v) is 3.52. The van der Waals surface area contributed by atoms with Crippen LogP contribution in [0.25, 0.3) is 11.8 Å². The van der Waals surface area contributed by atoms with Gasteiger partial charge in [-0.3, -0.25) is 9.48 Å². The van der Waals surface area contributed by atoms with E-state index >= 15 is 0 Å². The second kappa shape index (κ2) is 9.15. The molecule has 8 nitrogen and oxygen atoms in total. The number of rotatable bonds is 6.